The van der Waals surface area contributed by atoms with Crippen LogP contribution in [0.5, 0.6) is 0 Å². The van der Waals surface area contributed by atoms with Crippen molar-refractivity contribution in [2.75, 3.05) is 0 Å². The summed E-state index contributed by atoms with van der Waals surface area (Å²) in [7, 11) is 0. The van der Waals surface area contributed by atoms with Gasteiger partial charge in [0.15, 0.2) is 0 Å². The van der Waals surface area contributed by atoms with Gasteiger partial charge >= 0.3 is 101 Å². The summed E-state index contributed by atoms with van der Waals surface area (Å²) in [5, 5.41) is 1.18. The van der Waals surface area contributed by atoms with E-state index in [4.69, 9.17) is 0 Å². The average Bonchev–Trinajstić information content (AvgIpc) is 3.13. The van der Waals surface area contributed by atoms with E-state index in [0.29, 0.717) is 12.1 Å². The summed E-state index contributed by atoms with van der Waals surface area (Å²) >= 11 is 0. The summed E-state index contributed by atoms with van der Waals surface area (Å²) in [6.07, 6.45) is -10.9. The molecule has 0 saturated heterocycles. The van der Waals surface area contributed by atoms with E-state index in [-0.39, 0.29) is 12.5 Å². The minimum Gasteiger partial charge on any atom is -0.349 e. The van der Waals surface area contributed by atoms with Crippen molar-refractivity contribution in [1.29, 1.82) is 0 Å². The molecule has 0 aliphatic heterocycles. The van der Waals surface area contributed by atoms with E-state index < -0.39 is 131 Å². The van der Waals surface area contributed by atoms with Gasteiger partial charge in [-0.3, -0.25) is 4.79 Å². The number of hydrogen-bond acceptors (Lipinski definition) is 3. The first kappa shape index (κ1) is 61.6. The average molecular weight is 1090 g/mol. The fraction of sp³-hybridized carbons (Fsp3) is 0.724. The van der Waals surface area contributed by atoms with Gasteiger partial charge in [0, 0.05) is 18.0 Å². The van der Waals surface area contributed by atoms with E-state index in [1.54, 1.807) is 0 Å². The molecule has 0 aliphatic carbocycles. The molecule has 4 nitrogen and oxygen atoms in total. The van der Waals surface area contributed by atoms with Crippen molar-refractivity contribution in [3.8, 4) is 0 Å². The molecular weight excluding hydrogens is 1070 g/mol. The molecular formula is C29H13F35N2O2. The molecule has 0 aromatic heterocycles. The highest BCUT2D eigenvalue weighted by Gasteiger charge is 3.02. The van der Waals surface area contributed by atoms with Gasteiger partial charge in [0.25, 0.3) is 5.91 Å². The smallest absolute Gasteiger partial charge is 0.349 e. The van der Waals surface area contributed by atoms with Gasteiger partial charge in [-0.25, -0.2) is 4.79 Å². The van der Waals surface area contributed by atoms with E-state index in [1.165, 1.54) is 5.32 Å². The number of benzene rings is 1. The Labute approximate surface area is 348 Å². The normalized spacial score (nSPS) is 16.4. The second kappa shape index (κ2) is 16.6. The van der Waals surface area contributed by atoms with Crippen molar-refractivity contribution in [3.05, 3.63) is 29.3 Å². The van der Waals surface area contributed by atoms with Crippen LogP contribution in [0.25, 0.3) is 0 Å². The molecule has 1 rings (SSSR count). The molecule has 1 atom stereocenters. The number of alkyl halides is 35. The molecule has 1 aromatic rings. The van der Waals surface area contributed by atoms with Gasteiger partial charge in [0.1, 0.15) is 0 Å². The summed E-state index contributed by atoms with van der Waals surface area (Å²) in [5.74, 6) is -157. The molecule has 0 heterocycles. The largest absolute Gasteiger partial charge is 0.460 e. The first-order valence-electron chi connectivity index (χ1n) is 15.8. The first-order chi connectivity index (χ1) is 29.2. The van der Waals surface area contributed by atoms with Crippen LogP contribution < -0.4 is 5.32 Å². The van der Waals surface area contributed by atoms with Crippen molar-refractivity contribution < 1.29 is 163 Å². The number of aryl methyl sites for hydroxylation is 1. The lowest BCUT2D eigenvalue weighted by atomic mass is 9.82. The van der Waals surface area contributed by atoms with E-state index in [2.05, 4.69) is 4.99 Å². The number of carbonyl (C=O) groups is 1. The Kier molecular flexibility index (Phi) is 15.1. The van der Waals surface area contributed by atoms with Gasteiger partial charge in [-0.15, -0.1) is 0 Å². The third-order valence-electron chi connectivity index (χ3n) is 8.91. The maximum atomic E-state index is 14.5. The monoisotopic (exact) mass is 1090 g/mol. The van der Waals surface area contributed by atoms with Crippen LogP contribution in [0.1, 0.15) is 29.3 Å². The van der Waals surface area contributed by atoms with Crippen LogP contribution in [0.2, 0.25) is 0 Å². The third-order valence-corrected chi connectivity index (χ3v) is 8.91. The van der Waals surface area contributed by atoms with Gasteiger partial charge in [0.2, 0.25) is 6.08 Å². The summed E-state index contributed by atoms with van der Waals surface area (Å²) in [4.78, 5) is 25.7. The summed E-state index contributed by atoms with van der Waals surface area (Å²) < 4.78 is 485. The van der Waals surface area contributed by atoms with Gasteiger partial charge in [0.05, 0.1) is 5.69 Å². The third kappa shape index (κ3) is 7.96. The summed E-state index contributed by atoms with van der Waals surface area (Å²) in [6.45, 7) is 1.17. The maximum absolute atomic E-state index is 14.5. The lowest BCUT2D eigenvalue weighted by molar-refractivity contribution is -0.492. The Balaban J connectivity index is 3.91. The van der Waals surface area contributed by atoms with Crippen molar-refractivity contribution in [2.45, 2.75) is 127 Å². The lowest BCUT2D eigenvalue weighted by Crippen LogP contribution is -2.80. The number of nitrogens with one attached hydrogen (secondary N) is 1. The second-order valence-corrected chi connectivity index (χ2v) is 13.6. The molecule has 0 bridgehead atoms. The van der Waals surface area contributed by atoms with E-state index in [0.717, 1.165) is 19.1 Å². The number of amides is 1. The molecule has 0 radical (unpaired) electrons. The highest BCUT2D eigenvalue weighted by Crippen LogP contribution is 2.70. The van der Waals surface area contributed by atoms with Crippen LogP contribution >= 0.6 is 0 Å². The van der Waals surface area contributed by atoms with Gasteiger partial charge in [-0.2, -0.15) is 159 Å². The maximum Gasteiger partial charge on any atom is 0.460 e. The zero-order valence-electron chi connectivity index (χ0n) is 31.0. The Bertz CT molecular complexity index is 2080. The summed E-state index contributed by atoms with van der Waals surface area (Å²) in [6, 6.07) is -0.792. The van der Waals surface area contributed by atoms with E-state index >= 15 is 0 Å². The Morgan fingerprint density at radius 1 is 0.456 bits per heavy atom. The van der Waals surface area contributed by atoms with E-state index in [1.807, 2.05) is 0 Å². The molecule has 1 aromatic carbocycles. The number of rotatable bonds is 20. The molecule has 1 N–H and O–H groups in total. The number of aliphatic imine (C=N–C) groups is 1. The molecule has 0 fully saturated rings. The van der Waals surface area contributed by atoms with Crippen LogP contribution in [0.15, 0.2) is 23.2 Å². The Morgan fingerprint density at radius 3 is 0.956 bits per heavy atom. The number of carbonyl (C=O) groups excluding carboxylic acids is 2. The zero-order valence-corrected chi connectivity index (χ0v) is 31.0. The number of isocyanates is 1. The predicted octanol–water partition coefficient (Wildman–Crippen LogP) is 13.2. The van der Waals surface area contributed by atoms with Crippen molar-refractivity contribution >= 4 is 17.7 Å². The highest BCUT2D eigenvalue weighted by atomic mass is 19.4. The van der Waals surface area contributed by atoms with Crippen LogP contribution in [0, 0.1) is 6.92 Å². The number of hydrogen-bond donors (Lipinski definition) is 1. The van der Waals surface area contributed by atoms with Gasteiger partial charge in [-0.1, -0.05) is 6.07 Å². The molecule has 1 unspecified atom stereocenters. The minimum absolute atomic E-state index is 0.00589. The van der Waals surface area contributed by atoms with E-state index in [9.17, 15) is 163 Å². The van der Waals surface area contributed by atoms with Crippen LogP contribution in [0.4, 0.5) is 159 Å². The first-order valence-corrected chi connectivity index (χ1v) is 15.8. The molecule has 1 amide bonds. The molecule has 396 valence electrons. The van der Waals surface area contributed by atoms with Crippen LogP contribution in [0.3, 0.4) is 0 Å². The molecule has 0 aliphatic rings. The molecule has 0 spiro atoms. The van der Waals surface area contributed by atoms with Crippen LogP contribution in [-0.4, -0.2) is 119 Å². The minimum atomic E-state index is -10.4. The lowest BCUT2D eigenvalue weighted by Gasteiger charge is -2.47. The standard InChI is InChI=1S/C29H13F35N2O2/c1-8-3-4-10(5-11(8)65-7-67)12(68)66-9(2)6-13(30,31)14(32,33)15(34,35)16(36,37)17(38,39)18(40,41)19(42,43)20(44,45)21(46,47)22(48,49)23(50,51)24(52,53)25(54,55)26(56,57)27(58,59)28(60,61)29(62,63)64/h3-5,9H,6H2,1-2H3,(H,66,68). The fourth-order valence-electron chi connectivity index (χ4n) is 4.76. The van der Waals surface area contributed by atoms with Crippen molar-refractivity contribution in [1.82, 2.24) is 5.32 Å². The zero-order chi connectivity index (χ0) is 55.3. The predicted molar refractivity (Wildman–Crippen MR) is 146 cm³/mol. The summed E-state index contributed by atoms with van der Waals surface area (Å²) in [5.41, 5.74) is -1.31. The van der Waals surface area contributed by atoms with Crippen molar-refractivity contribution in [2.24, 2.45) is 4.99 Å². The highest BCUT2D eigenvalue weighted by molar-refractivity contribution is 5.95. The van der Waals surface area contributed by atoms with Crippen molar-refractivity contribution in [3.63, 3.8) is 0 Å². The second-order valence-electron chi connectivity index (χ2n) is 13.6. The Morgan fingerprint density at radius 2 is 0.706 bits per heavy atom. The molecule has 68 heavy (non-hydrogen) atoms. The van der Waals surface area contributed by atoms with Crippen LogP contribution in [-0.2, 0) is 4.79 Å². The SMILES string of the molecule is Cc1ccc(C(=O)NC(C)CC(F)(F)C(F)(F)C(F)(F)C(F)(F)C(F)(F)C(F)(F)C(F)(F)C(F)(F)C(F)(F)C(F)(F)C(F)(F)C(F)(F)C(F)(F)C(F)(F)C(F)(F)C(F)(F)C(F)(F)F)cc1N=C=O. The van der Waals surface area contributed by atoms with Gasteiger partial charge < -0.3 is 5.32 Å². The quantitative estimate of drug-likeness (QED) is 0.0804. The molecule has 39 heteroatoms. The topological polar surface area (TPSA) is 58.5 Å². The van der Waals surface area contributed by atoms with Gasteiger partial charge in [-0.05, 0) is 31.5 Å². The Hall–Kier alpha value is -4.38. The molecule has 0 saturated carbocycles. The fourth-order valence-corrected chi connectivity index (χ4v) is 4.76. The number of nitrogens with zero attached hydrogens (tertiary/aromatic N) is 1. The number of halogens is 35.